The first-order valence-corrected chi connectivity index (χ1v) is 7.57. The van der Waals surface area contributed by atoms with Gasteiger partial charge in [-0.1, -0.05) is 58.3 Å². The molecule has 0 aromatic carbocycles. The van der Waals surface area contributed by atoms with Gasteiger partial charge in [-0.3, -0.25) is 0 Å². The maximum Gasteiger partial charge on any atom is 0.0945 e. The molecule has 0 amide bonds. The summed E-state index contributed by atoms with van der Waals surface area (Å²) in [6.45, 7) is 2.20. The van der Waals surface area contributed by atoms with Crippen LogP contribution in [0.4, 0.5) is 0 Å². The van der Waals surface area contributed by atoms with E-state index >= 15 is 0 Å². The molecule has 0 spiro atoms. The predicted molar refractivity (Wildman–Crippen MR) is 61.8 cm³/mol. The van der Waals surface area contributed by atoms with Gasteiger partial charge in [-0.15, -0.1) is 0 Å². The Balaban J connectivity index is 3.06. The molecule has 0 N–H and O–H groups in total. The van der Waals surface area contributed by atoms with Crippen LogP contribution in [0.5, 0.6) is 0 Å². The predicted octanol–water partition coefficient (Wildman–Crippen LogP) is 3.06. The minimum atomic E-state index is -3.98. The minimum Gasteiger partial charge on any atom is -0.748 e. The number of rotatable bonds is 10. The lowest BCUT2D eigenvalue weighted by molar-refractivity contribution is 0.459. The Morgan fingerprint density at radius 3 is 1.60 bits per heavy atom. The van der Waals surface area contributed by atoms with Crippen LogP contribution in [-0.2, 0) is 10.1 Å². The molecule has 15 heavy (non-hydrogen) atoms. The molecule has 0 aromatic heterocycles. The first-order valence-electron chi connectivity index (χ1n) is 6.00. The van der Waals surface area contributed by atoms with Gasteiger partial charge < -0.3 is 4.55 Å². The van der Waals surface area contributed by atoms with Crippen LogP contribution in [0.3, 0.4) is 0 Å². The molecule has 0 radical (unpaired) electrons. The topological polar surface area (TPSA) is 57.2 Å². The van der Waals surface area contributed by atoms with Crippen LogP contribution in [0.25, 0.3) is 0 Å². The molecule has 92 valence electrons. The zero-order chi connectivity index (χ0) is 11.6. The second kappa shape index (κ2) is 9.16. The van der Waals surface area contributed by atoms with E-state index in [4.69, 9.17) is 0 Å². The summed E-state index contributed by atoms with van der Waals surface area (Å²) in [5, 5.41) is 0. The Bertz CT molecular complexity index is 222. The lowest BCUT2D eigenvalue weighted by Gasteiger charge is -2.05. The molecule has 3 nitrogen and oxygen atoms in total. The third kappa shape index (κ3) is 13.9. The van der Waals surface area contributed by atoms with E-state index in [2.05, 4.69) is 6.92 Å². The Morgan fingerprint density at radius 1 is 0.800 bits per heavy atom. The van der Waals surface area contributed by atoms with Crippen molar-refractivity contribution in [1.82, 2.24) is 0 Å². The molecule has 0 bridgehead atoms. The summed E-state index contributed by atoms with van der Waals surface area (Å²) in [6, 6.07) is 0. The molecule has 0 rings (SSSR count). The molecule has 0 aliphatic rings. The van der Waals surface area contributed by atoms with E-state index in [1.54, 1.807) is 0 Å². The number of hydrogen-bond donors (Lipinski definition) is 0. The van der Waals surface area contributed by atoms with Crippen LogP contribution < -0.4 is 0 Å². The van der Waals surface area contributed by atoms with E-state index < -0.39 is 10.1 Å². The highest BCUT2D eigenvalue weighted by atomic mass is 32.2. The fraction of sp³-hybridized carbons (Fsp3) is 1.00. The van der Waals surface area contributed by atoms with Gasteiger partial charge in [0.05, 0.1) is 10.1 Å². The Morgan fingerprint density at radius 2 is 1.20 bits per heavy atom. The van der Waals surface area contributed by atoms with Gasteiger partial charge >= 0.3 is 0 Å². The third-order valence-corrected chi connectivity index (χ3v) is 3.29. The number of unbranched alkanes of at least 4 members (excludes halogenated alkanes) is 8. The summed E-state index contributed by atoms with van der Waals surface area (Å²) in [5.74, 6) is -0.192. The average Bonchev–Trinajstić information content (AvgIpc) is 2.14. The monoisotopic (exact) mass is 235 g/mol. The van der Waals surface area contributed by atoms with Gasteiger partial charge in [0.25, 0.3) is 0 Å². The lowest BCUT2D eigenvalue weighted by Crippen LogP contribution is -2.03. The van der Waals surface area contributed by atoms with E-state index in [-0.39, 0.29) is 5.75 Å². The molecule has 0 saturated heterocycles. The maximum absolute atomic E-state index is 10.3. The zero-order valence-electron chi connectivity index (χ0n) is 9.70. The summed E-state index contributed by atoms with van der Waals surface area (Å²) in [4.78, 5) is 0. The molecule has 0 unspecified atom stereocenters. The molecular weight excluding hydrogens is 212 g/mol. The largest absolute Gasteiger partial charge is 0.748 e. The van der Waals surface area contributed by atoms with Crippen LogP contribution in [0, 0.1) is 0 Å². The second-order valence-corrected chi connectivity index (χ2v) is 5.61. The number of hydrogen-bond acceptors (Lipinski definition) is 3. The van der Waals surface area contributed by atoms with E-state index in [1.165, 1.54) is 38.5 Å². The Hall–Kier alpha value is -0.0900. The summed E-state index contributed by atoms with van der Waals surface area (Å²) in [7, 11) is -3.98. The second-order valence-electron chi connectivity index (χ2n) is 4.09. The van der Waals surface area contributed by atoms with Gasteiger partial charge in [0, 0.05) is 5.75 Å². The van der Waals surface area contributed by atoms with Crippen LogP contribution in [0.15, 0.2) is 0 Å². The molecule has 4 heteroatoms. The smallest absolute Gasteiger partial charge is 0.0945 e. The Labute approximate surface area is 94.0 Å². The highest BCUT2D eigenvalue weighted by molar-refractivity contribution is 7.85. The van der Waals surface area contributed by atoms with Crippen molar-refractivity contribution in [3.05, 3.63) is 0 Å². The van der Waals surface area contributed by atoms with Crippen molar-refractivity contribution in [1.29, 1.82) is 0 Å². The van der Waals surface area contributed by atoms with E-state index in [1.807, 2.05) is 0 Å². The fourth-order valence-corrected chi connectivity index (χ4v) is 2.15. The highest BCUT2D eigenvalue weighted by Crippen LogP contribution is 2.09. The SMILES string of the molecule is CCCCCCCCCCCS(=O)(=O)[O-]. The fourth-order valence-electron chi connectivity index (χ4n) is 1.59. The summed E-state index contributed by atoms with van der Waals surface area (Å²) < 4.78 is 30.8. The van der Waals surface area contributed by atoms with Gasteiger partial charge in [0.15, 0.2) is 0 Å². The molecule has 0 aliphatic heterocycles. The van der Waals surface area contributed by atoms with Crippen molar-refractivity contribution in [2.45, 2.75) is 64.7 Å². The van der Waals surface area contributed by atoms with Gasteiger partial charge in [0.2, 0.25) is 0 Å². The van der Waals surface area contributed by atoms with Gasteiger partial charge in [0.1, 0.15) is 0 Å². The van der Waals surface area contributed by atoms with Crippen LogP contribution >= 0.6 is 0 Å². The van der Waals surface area contributed by atoms with E-state index in [0.717, 1.165) is 12.8 Å². The van der Waals surface area contributed by atoms with Crippen LogP contribution in [-0.4, -0.2) is 18.7 Å². The van der Waals surface area contributed by atoms with Crippen molar-refractivity contribution in [2.75, 3.05) is 5.75 Å². The maximum atomic E-state index is 10.3. The quantitative estimate of drug-likeness (QED) is 0.432. The van der Waals surface area contributed by atoms with E-state index in [0.29, 0.717) is 6.42 Å². The molecular formula is C11H23O3S-. The molecule has 0 fully saturated rings. The van der Waals surface area contributed by atoms with Gasteiger partial charge in [-0.05, 0) is 6.42 Å². The van der Waals surface area contributed by atoms with Crippen molar-refractivity contribution >= 4 is 10.1 Å². The molecule has 0 aromatic rings. The molecule has 0 aliphatic carbocycles. The summed E-state index contributed by atoms with van der Waals surface area (Å²) >= 11 is 0. The van der Waals surface area contributed by atoms with Crippen LogP contribution in [0.1, 0.15) is 64.7 Å². The van der Waals surface area contributed by atoms with E-state index in [9.17, 15) is 13.0 Å². The van der Waals surface area contributed by atoms with Crippen molar-refractivity contribution in [3.8, 4) is 0 Å². The standard InChI is InChI=1S/C11H24O3S/c1-2-3-4-5-6-7-8-9-10-11-15(12,13)14/h2-11H2,1H3,(H,12,13,14)/p-1. The van der Waals surface area contributed by atoms with Crippen LogP contribution in [0.2, 0.25) is 0 Å². The zero-order valence-corrected chi connectivity index (χ0v) is 10.5. The van der Waals surface area contributed by atoms with Gasteiger partial charge in [-0.2, -0.15) is 0 Å². The van der Waals surface area contributed by atoms with Crippen molar-refractivity contribution in [2.24, 2.45) is 0 Å². The highest BCUT2D eigenvalue weighted by Gasteiger charge is 1.95. The van der Waals surface area contributed by atoms with Crippen molar-refractivity contribution in [3.63, 3.8) is 0 Å². The first kappa shape index (κ1) is 14.9. The molecule has 0 saturated carbocycles. The summed E-state index contributed by atoms with van der Waals surface area (Å²) in [5.41, 5.74) is 0. The van der Waals surface area contributed by atoms with Crippen molar-refractivity contribution < 1.29 is 13.0 Å². The van der Waals surface area contributed by atoms with Gasteiger partial charge in [-0.25, -0.2) is 8.42 Å². The normalized spacial score (nSPS) is 11.9. The Kier molecular flexibility index (Phi) is 9.10. The minimum absolute atomic E-state index is 0.192. The third-order valence-electron chi connectivity index (χ3n) is 2.50. The first-order chi connectivity index (χ1) is 7.06. The lowest BCUT2D eigenvalue weighted by atomic mass is 10.1. The molecule has 0 heterocycles. The average molecular weight is 235 g/mol. The summed E-state index contributed by atoms with van der Waals surface area (Å²) in [6.07, 6.45) is 10.0. The molecule has 0 atom stereocenters.